The zero-order valence-corrected chi connectivity index (χ0v) is 5.78. The normalized spacial score (nSPS) is 39.8. The van der Waals surface area contributed by atoms with Crippen LogP contribution in [-0.2, 0) is 0 Å². The van der Waals surface area contributed by atoms with Gasteiger partial charge < -0.3 is 5.32 Å². The topological polar surface area (TPSA) is 12.0 Å². The Hall–Kier alpha value is -0.0400. The molecule has 8 heavy (non-hydrogen) atoms. The third kappa shape index (κ3) is 1.22. The molecule has 0 bridgehead atoms. The highest BCUT2D eigenvalue weighted by atomic mass is 14.9. The molecule has 2 atom stereocenters. The standard InChI is InChI=1S/C7H15N/c1-6-3-4-8-5-7(6)2/h6-8H,3-5H2,1-2H3/t6-,7+/m0/s1. The van der Waals surface area contributed by atoms with Crippen molar-refractivity contribution in [2.24, 2.45) is 11.8 Å². The third-order valence-corrected chi connectivity index (χ3v) is 2.21. The molecule has 0 spiro atoms. The summed E-state index contributed by atoms with van der Waals surface area (Å²) in [6.45, 7) is 7.11. The number of hydrogen-bond donors (Lipinski definition) is 1. The summed E-state index contributed by atoms with van der Waals surface area (Å²) in [5.41, 5.74) is 0. The van der Waals surface area contributed by atoms with Gasteiger partial charge in [0, 0.05) is 0 Å². The van der Waals surface area contributed by atoms with Crippen molar-refractivity contribution in [2.75, 3.05) is 13.1 Å². The van der Waals surface area contributed by atoms with Gasteiger partial charge in [-0.1, -0.05) is 13.8 Å². The van der Waals surface area contributed by atoms with Gasteiger partial charge in [-0.25, -0.2) is 0 Å². The maximum absolute atomic E-state index is 3.36. The lowest BCUT2D eigenvalue weighted by molar-refractivity contribution is 0.295. The minimum Gasteiger partial charge on any atom is -0.316 e. The number of hydrogen-bond acceptors (Lipinski definition) is 1. The summed E-state index contributed by atoms with van der Waals surface area (Å²) in [5.74, 6) is 1.83. The molecule has 1 heterocycles. The lowest BCUT2D eigenvalue weighted by Gasteiger charge is -2.25. The molecule has 0 aromatic rings. The molecule has 0 aromatic heterocycles. The summed E-state index contributed by atoms with van der Waals surface area (Å²) in [7, 11) is 0. The van der Waals surface area contributed by atoms with Crippen molar-refractivity contribution < 1.29 is 0 Å². The van der Waals surface area contributed by atoms with Crippen LogP contribution in [0.1, 0.15) is 20.3 Å². The van der Waals surface area contributed by atoms with Crippen LogP contribution in [-0.4, -0.2) is 13.1 Å². The Kier molecular flexibility index (Phi) is 1.90. The lowest BCUT2D eigenvalue weighted by Crippen LogP contribution is -2.33. The molecule has 1 aliphatic rings. The first-order chi connectivity index (χ1) is 3.80. The maximum Gasteiger partial charge on any atom is -0.00206 e. The van der Waals surface area contributed by atoms with E-state index in [0.29, 0.717) is 0 Å². The van der Waals surface area contributed by atoms with Crippen molar-refractivity contribution in [2.45, 2.75) is 20.3 Å². The summed E-state index contributed by atoms with van der Waals surface area (Å²) < 4.78 is 0. The molecule has 1 aliphatic heterocycles. The zero-order chi connectivity index (χ0) is 5.98. The average molecular weight is 113 g/mol. The van der Waals surface area contributed by atoms with Crippen LogP contribution in [0, 0.1) is 11.8 Å². The van der Waals surface area contributed by atoms with Crippen LogP contribution in [0.25, 0.3) is 0 Å². The minimum absolute atomic E-state index is 0.892. The van der Waals surface area contributed by atoms with Gasteiger partial charge >= 0.3 is 0 Å². The Labute approximate surface area is 51.5 Å². The largest absolute Gasteiger partial charge is 0.316 e. The molecule has 1 heteroatoms. The van der Waals surface area contributed by atoms with Crippen LogP contribution in [0.4, 0.5) is 0 Å². The van der Waals surface area contributed by atoms with Gasteiger partial charge in [-0.3, -0.25) is 0 Å². The average Bonchev–Trinajstić information content (AvgIpc) is 1.77. The Balaban J connectivity index is 2.28. The van der Waals surface area contributed by atoms with E-state index in [-0.39, 0.29) is 0 Å². The molecule has 0 amide bonds. The predicted octanol–water partition coefficient (Wildman–Crippen LogP) is 1.25. The van der Waals surface area contributed by atoms with Crippen molar-refractivity contribution in [1.29, 1.82) is 0 Å². The molecule has 0 radical (unpaired) electrons. The van der Waals surface area contributed by atoms with Gasteiger partial charge in [0.15, 0.2) is 0 Å². The molecule has 0 saturated carbocycles. The first kappa shape index (κ1) is 6.09. The van der Waals surface area contributed by atoms with E-state index in [2.05, 4.69) is 19.2 Å². The van der Waals surface area contributed by atoms with Gasteiger partial charge in [0.1, 0.15) is 0 Å². The Bertz CT molecular complexity index is 60.8. The van der Waals surface area contributed by atoms with Gasteiger partial charge in [0.05, 0.1) is 0 Å². The molecule has 0 aliphatic carbocycles. The molecule has 1 rings (SSSR count). The Morgan fingerprint density at radius 3 is 2.38 bits per heavy atom. The quantitative estimate of drug-likeness (QED) is 0.498. The van der Waals surface area contributed by atoms with Gasteiger partial charge in [-0.05, 0) is 31.3 Å². The van der Waals surface area contributed by atoms with Crippen LogP contribution in [0.5, 0.6) is 0 Å². The van der Waals surface area contributed by atoms with E-state index in [1.807, 2.05) is 0 Å². The van der Waals surface area contributed by atoms with Crippen LogP contribution in [0.3, 0.4) is 0 Å². The molecule has 1 N–H and O–H groups in total. The van der Waals surface area contributed by atoms with Crippen LogP contribution in [0.15, 0.2) is 0 Å². The highest BCUT2D eigenvalue weighted by Crippen LogP contribution is 2.16. The second kappa shape index (κ2) is 2.49. The maximum atomic E-state index is 3.36. The fraction of sp³-hybridized carbons (Fsp3) is 1.00. The summed E-state index contributed by atoms with van der Waals surface area (Å²) in [5, 5.41) is 3.36. The van der Waals surface area contributed by atoms with Crippen molar-refractivity contribution in [3.05, 3.63) is 0 Å². The monoisotopic (exact) mass is 113 g/mol. The predicted molar refractivity (Wildman–Crippen MR) is 35.8 cm³/mol. The second-order valence-electron chi connectivity index (χ2n) is 2.95. The molecule has 1 saturated heterocycles. The highest BCUT2D eigenvalue weighted by Gasteiger charge is 2.14. The highest BCUT2D eigenvalue weighted by molar-refractivity contribution is 4.70. The van der Waals surface area contributed by atoms with E-state index < -0.39 is 0 Å². The Morgan fingerprint density at radius 2 is 2.00 bits per heavy atom. The molecule has 1 nitrogen and oxygen atoms in total. The van der Waals surface area contributed by atoms with Crippen molar-refractivity contribution in [3.63, 3.8) is 0 Å². The summed E-state index contributed by atoms with van der Waals surface area (Å²) in [6, 6.07) is 0. The number of rotatable bonds is 0. The van der Waals surface area contributed by atoms with Crippen LogP contribution >= 0.6 is 0 Å². The fourth-order valence-corrected chi connectivity index (χ4v) is 1.15. The van der Waals surface area contributed by atoms with Gasteiger partial charge in [0.25, 0.3) is 0 Å². The fourth-order valence-electron chi connectivity index (χ4n) is 1.15. The summed E-state index contributed by atoms with van der Waals surface area (Å²) in [4.78, 5) is 0. The number of nitrogens with one attached hydrogen (secondary N) is 1. The molecule has 1 fully saturated rings. The Morgan fingerprint density at radius 1 is 1.25 bits per heavy atom. The van der Waals surface area contributed by atoms with Crippen molar-refractivity contribution >= 4 is 0 Å². The van der Waals surface area contributed by atoms with E-state index in [9.17, 15) is 0 Å². The first-order valence-corrected chi connectivity index (χ1v) is 3.51. The van der Waals surface area contributed by atoms with Crippen LogP contribution < -0.4 is 5.32 Å². The third-order valence-electron chi connectivity index (χ3n) is 2.21. The SMILES string of the molecule is C[C@@H]1CNCC[C@@H]1C. The lowest BCUT2D eigenvalue weighted by atomic mass is 9.90. The van der Waals surface area contributed by atoms with E-state index >= 15 is 0 Å². The zero-order valence-electron chi connectivity index (χ0n) is 5.78. The van der Waals surface area contributed by atoms with Gasteiger partial charge in [-0.2, -0.15) is 0 Å². The first-order valence-electron chi connectivity index (χ1n) is 3.51. The molecule has 0 unspecified atom stereocenters. The molecular weight excluding hydrogens is 98.1 g/mol. The van der Waals surface area contributed by atoms with E-state index in [1.165, 1.54) is 19.5 Å². The van der Waals surface area contributed by atoms with E-state index in [4.69, 9.17) is 0 Å². The van der Waals surface area contributed by atoms with Gasteiger partial charge in [0.2, 0.25) is 0 Å². The molecule has 0 aromatic carbocycles. The van der Waals surface area contributed by atoms with Gasteiger partial charge in [-0.15, -0.1) is 0 Å². The van der Waals surface area contributed by atoms with Crippen LogP contribution in [0.2, 0.25) is 0 Å². The van der Waals surface area contributed by atoms with Crippen molar-refractivity contribution in [3.8, 4) is 0 Å². The summed E-state index contributed by atoms with van der Waals surface area (Å²) >= 11 is 0. The molecule has 48 valence electrons. The van der Waals surface area contributed by atoms with E-state index in [0.717, 1.165) is 11.8 Å². The number of piperidine rings is 1. The van der Waals surface area contributed by atoms with E-state index in [1.54, 1.807) is 0 Å². The smallest absolute Gasteiger partial charge is 0.00206 e. The second-order valence-corrected chi connectivity index (χ2v) is 2.95. The minimum atomic E-state index is 0.892. The van der Waals surface area contributed by atoms with Crippen molar-refractivity contribution in [1.82, 2.24) is 5.32 Å². The summed E-state index contributed by atoms with van der Waals surface area (Å²) in [6.07, 6.45) is 1.36. The molecular formula is C7H15N.